The maximum absolute atomic E-state index is 13.0. The molecule has 0 atom stereocenters. The van der Waals surface area contributed by atoms with Crippen LogP contribution in [0.1, 0.15) is 22.5 Å². The van der Waals surface area contributed by atoms with Gasteiger partial charge in [0.2, 0.25) is 5.91 Å². The molecule has 1 aromatic heterocycles. The molecule has 6 nitrogen and oxygen atoms in total. The Morgan fingerprint density at radius 2 is 1.88 bits per heavy atom. The number of hydrazine groups is 1. The molecule has 1 saturated heterocycles. The van der Waals surface area contributed by atoms with Crippen molar-refractivity contribution in [3.63, 3.8) is 0 Å². The number of carbonyl (C=O) groups excluding carboxylic acids is 3. The first kappa shape index (κ1) is 17.1. The number of likely N-dealkylation sites (tertiary alicyclic amines) is 1. The molecule has 0 bridgehead atoms. The molecule has 2 aromatic rings. The number of carbonyl (C=O) groups is 3. The van der Waals surface area contributed by atoms with Crippen LogP contribution in [-0.4, -0.2) is 35.7 Å². The van der Waals surface area contributed by atoms with Crippen LogP contribution in [0.4, 0.5) is 4.39 Å². The Balaban J connectivity index is 1.54. The summed E-state index contributed by atoms with van der Waals surface area (Å²) in [6.07, 6.45) is 1.21. The van der Waals surface area contributed by atoms with E-state index in [9.17, 15) is 18.8 Å². The first-order valence-electron chi connectivity index (χ1n) is 7.75. The molecule has 0 unspecified atom stereocenters. The van der Waals surface area contributed by atoms with Crippen molar-refractivity contribution in [2.75, 3.05) is 13.1 Å². The number of hydrogen-bond donors (Lipinski definition) is 2. The number of thiophene rings is 1. The number of hydrogen-bond acceptors (Lipinski definition) is 4. The topological polar surface area (TPSA) is 78.5 Å². The van der Waals surface area contributed by atoms with E-state index in [2.05, 4.69) is 10.9 Å². The van der Waals surface area contributed by atoms with Crippen LogP contribution >= 0.6 is 11.3 Å². The first-order valence-corrected chi connectivity index (χ1v) is 8.57. The molecule has 130 valence electrons. The fraction of sp³-hybridized carbons (Fsp3) is 0.235. The second-order valence-electron chi connectivity index (χ2n) is 5.59. The van der Waals surface area contributed by atoms with Gasteiger partial charge in [0.15, 0.2) is 0 Å². The van der Waals surface area contributed by atoms with Gasteiger partial charge in [-0.3, -0.25) is 25.2 Å². The maximum atomic E-state index is 13.0. The summed E-state index contributed by atoms with van der Waals surface area (Å²) in [5.74, 6) is -1.26. The Bertz CT molecular complexity index is 804. The molecule has 0 saturated carbocycles. The molecule has 25 heavy (non-hydrogen) atoms. The van der Waals surface area contributed by atoms with Gasteiger partial charge in [-0.1, -0.05) is 12.1 Å². The highest BCUT2D eigenvalue weighted by molar-refractivity contribution is 7.17. The summed E-state index contributed by atoms with van der Waals surface area (Å²) in [4.78, 5) is 38.0. The van der Waals surface area contributed by atoms with E-state index in [1.165, 1.54) is 28.4 Å². The molecule has 1 aromatic carbocycles. The van der Waals surface area contributed by atoms with E-state index >= 15 is 0 Å². The summed E-state index contributed by atoms with van der Waals surface area (Å²) in [6, 6.07) is 9.38. The maximum Gasteiger partial charge on any atom is 0.279 e. The quantitative estimate of drug-likeness (QED) is 0.817. The van der Waals surface area contributed by atoms with Crippen LogP contribution in [0.5, 0.6) is 0 Å². The molecule has 2 N–H and O–H groups in total. The van der Waals surface area contributed by atoms with E-state index in [1.54, 1.807) is 24.3 Å². The fourth-order valence-electron chi connectivity index (χ4n) is 2.50. The van der Waals surface area contributed by atoms with Gasteiger partial charge < -0.3 is 4.90 Å². The van der Waals surface area contributed by atoms with Crippen LogP contribution in [0.15, 0.2) is 36.4 Å². The van der Waals surface area contributed by atoms with E-state index in [0.29, 0.717) is 17.8 Å². The second kappa shape index (κ2) is 7.43. The standard InChI is InChI=1S/C17H16FN3O3S/c18-12-5-3-11(4-6-12)13-7-8-14(25-13)17(24)20-19-15(22)10-21-9-1-2-16(21)23/h3-8H,1-2,9-10H2,(H,19,22)(H,20,24). The van der Waals surface area contributed by atoms with Gasteiger partial charge in [0.05, 0.1) is 4.88 Å². The Hall–Kier alpha value is -2.74. The number of nitrogens with zero attached hydrogens (tertiary/aromatic N) is 1. The van der Waals surface area contributed by atoms with Gasteiger partial charge in [-0.05, 0) is 36.2 Å². The number of rotatable bonds is 4. The van der Waals surface area contributed by atoms with Gasteiger partial charge in [0, 0.05) is 17.8 Å². The zero-order valence-corrected chi connectivity index (χ0v) is 14.1. The van der Waals surface area contributed by atoms with Gasteiger partial charge >= 0.3 is 0 Å². The van der Waals surface area contributed by atoms with Crippen molar-refractivity contribution >= 4 is 29.1 Å². The molecule has 3 amide bonds. The molecule has 2 heterocycles. The Kier molecular flexibility index (Phi) is 5.08. The summed E-state index contributed by atoms with van der Waals surface area (Å²) in [6.45, 7) is 0.497. The Morgan fingerprint density at radius 1 is 1.12 bits per heavy atom. The van der Waals surface area contributed by atoms with Gasteiger partial charge in [-0.25, -0.2) is 4.39 Å². The van der Waals surface area contributed by atoms with E-state index in [4.69, 9.17) is 0 Å². The average molecular weight is 361 g/mol. The smallest absolute Gasteiger partial charge is 0.279 e. The third kappa shape index (κ3) is 4.21. The minimum absolute atomic E-state index is 0.0522. The van der Waals surface area contributed by atoms with Crippen molar-refractivity contribution in [3.8, 4) is 10.4 Å². The van der Waals surface area contributed by atoms with Crippen molar-refractivity contribution in [1.82, 2.24) is 15.8 Å². The lowest BCUT2D eigenvalue weighted by Gasteiger charge is -2.14. The summed E-state index contributed by atoms with van der Waals surface area (Å²) in [5, 5.41) is 0. The SMILES string of the molecule is O=C(CN1CCCC1=O)NNC(=O)c1ccc(-c2ccc(F)cc2)s1. The highest BCUT2D eigenvalue weighted by Gasteiger charge is 2.22. The molecule has 3 rings (SSSR count). The number of benzene rings is 1. The molecule has 0 radical (unpaired) electrons. The molecule has 0 spiro atoms. The Labute approximate surface area is 147 Å². The van der Waals surface area contributed by atoms with Gasteiger partial charge in [-0.15, -0.1) is 11.3 Å². The zero-order chi connectivity index (χ0) is 17.8. The molecule has 0 aliphatic carbocycles. The minimum atomic E-state index is -0.445. The van der Waals surface area contributed by atoms with Crippen molar-refractivity contribution in [2.24, 2.45) is 0 Å². The molecule has 1 aliphatic rings. The molecular weight excluding hydrogens is 345 g/mol. The molecule has 1 aliphatic heterocycles. The van der Waals surface area contributed by atoms with E-state index in [-0.39, 0.29) is 18.3 Å². The normalized spacial score (nSPS) is 13.8. The monoisotopic (exact) mass is 361 g/mol. The van der Waals surface area contributed by atoms with Crippen molar-refractivity contribution < 1.29 is 18.8 Å². The molecular formula is C17H16FN3O3S. The summed E-state index contributed by atoms with van der Waals surface area (Å²) in [5.41, 5.74) is 5.45. The van der Waals surface area contributed by atoms with Crippen LogP contribution in [0.3, 0.4) is 0 Å². The zero-order valence-electron chi connectivity index (χ0n) is 13.3. The third-order valence-corrected chi connectivity index (χ3v) is 4.91. The first-order chi connectivity index (χ1) is 12.0. The van der Waals surface area contributed by atoms with Crippen LogP contribution in [-0.2, 0) is 9.59 Å². The second-order valence-corrected chi connectivity index (χ2v) is 6.68. The fourth-order valence-corrected chi connectivity index (χ4v) is 3.41. The lowest BCUT2D eigenvalue weighted by atomic mass is 10.2. The van der Waals surface area contributed by atoms with Crippen molar-refractivity contribution in [2.45, 2.75) is 12.8 Å². The van der Waals surface area contributed by atoms with Crippen LogP contribution in [0, 0.1) is 5.82 Å². The van der Waals surface area contributed by atoms with Crippen molar-refractivity contribution in [1.29, 1.82) is 0 Å². The highest BCUT2D eigenvalue weighted by Crippen LogP contribution is 2.28. The lowest BCUT2D eigenvalue weighted by molar-refractivity contribution is -0.133. The van der Waals surface area contributed by atoms with Gasteiger partial charge in [0.25, 0.3) is 11.8 Å². The third-order valence-electron chi connectivity index (χ3n) is 3.78. The molecule has 1 fully saturated rings. The number of nitrogens with one attached hydrogen (secondary N) is 2. The predicted molar refractivity (Wildman–Crippen MR) is 91.1 cm³/mol. The highest BCUT2D eigenvalue weighted by atomic mass is 32.1. The van der Waals surface area contributed by atoms with Crippen LogP contribution in [0.2, 0.25) is 0 Å². The van der Waals surface area contributed by atoms with Crippen molar-refractivity contribution in [3.05, 3.63) is 47.1 Å². The van der Waals surface area contributed by atoms with Gasteiger partial charge in [-0.2, -0.15) is 0 Å². The van der Waals surface area contributed by atoms with Gasteiger partial charge in [0.1, 0.15) is 12.4 Å². The van der Waals surface area contributed by atoms with E-state index in [1.807, 2.05) is 0 Å². The number of halogens is 1. The minimum Gasteiger partial charge on any atom is -0.333 e. The lowest BCUT2D eigenvalue weighted by Crippen LogP contribution is -2.46. The summed E-state index contributed by atoms with van der Waals surface area (Å²) in [7, 11) is 0. The average Bonchev–Trinajstić information content (AvgIpc) is 3.23. The summed E-state index contributed by atoms with van der Waals surface area (Å²) < 4.78 is 13.0. The van der Waals surface area contributed by atoms with Crippen LogP contribution in [0.25, 0.3) is 10.4 Å². The van der Waals surface area contributed by atoms with Crippen LogP contribution < -0.4 is 10.9 Å². The van der Waals surface area contributed by atoms with E-state index < -0.39 is 11.8 Å². The largest absolute Gasteiger partial charge is 0.333 e. The molecule has 8 heteroatoms. The predicted octanol–water partition coefficient (Wildman–Crippen LogP) is 1.94. The summed E-state index contributed by atoms with van der Waals surface area (Å²) >= 11 is 1.23. The Morgan fingerprint density at radius 3 is 2.56 bits per heavy atom. The van der Waals surface area contributed by atoms with E-state index in [0.717, 1.165) is 16.9 Å². The number of amides is 3.